The van der Waals surface area contributed by atoms with E-state index in [2.05, 4.69) is 54.5 Å². The van der Waals surface area contributed by atoms with Crippen LogP contribution in [0.1, 0.15) is 48.2 Å². The van der Waals surface area contributed by atoms with Gasteiger partial charge >= 0.3 is 6.03 Å². The smallest absolute Gasteiger partial charge is 0.318 e. The largest absolute Gasteiger partial charge is 0.497 e. The normalized spacial score (nSPS) is 16.0. The van der Waals surface area contributed by atoms with Gasteiger partial charge in [-0.15, -0.1) is 0 Å². The van der Waals surface area contributed by atoms with E-state index in [4.69, 9.17) is 4.74 Å². The molecule has 1 atom stereocenters. The molecule has 0 unspecified atom stereocenters. The van der Waals surface area contributed by atoms with E-state index in [0.717, 1.165) is 41.8 Å². The minimum Gasteiger partial charge on any atom is -0.497 e. The fourth-order valence-corrected chi connectivity index (χ4v) is 4.30. The molecule has 3 aromatic rings. The fourth-order valence-electron chi connectivity index (χ4n) is 4.30. The molecule has 0 saturated carbocycles. The minimum atomic E-state index is -0.125. The number of benzene rings is 2. The van der Waals surface area contributed by atoms with Crippen molar-refractivity contribution in [2.24, 2.45) is 0 Å². The van der Waals surface area contributed by atoms with Crippen molar-refractivity contribution in [3.8, 4) is 5.75 Å². The summed E-state index contributed by atoms with van der Waals surface area (Å²) in [7, 11) is 1.69. The number of urea groups is 1. The molecule has 29 heavy (non-hydrogen) atoms. The van der Waals surface area contributed by atoms with Crippen LogP contribution in [0.3, 0.4) is 0 Å². The first kappa shape index (κ1) is 19.4. The van der Waals surface area contributed by atoms with Crippen molar-refractivity contribution in [1.82, 2.24) is 15.2 Å². The highest BCUT2D eigenvalue weighted by atomic mass is 16.5. The highest BCUT2D eigenvalue weighted by Crippen LogP contribution is 2.40. The average molecular weight is 392 g/mol. The van der Waals surface area contributed by atoms with Crippen LogP contribution in [0.2, 0.25) is 0 Å². The molecular weight excluding hydrogens is 362 g/mol. The third-order valence-corrected chi connectivity index (χ3v) is 5.88. The highest BCUT2D eigenvalue weighted by molar-refractivity contribution is 5.87. The molecule has 0 aliphatic carbocycles. The second-order valence-corrected chi connectivity index (χ2v) is 7.72. The van der Waals surface area contributed by atoms with Crippen molar-refractivity contribution in [3.63, 3.8) is 0 Å². The first-order valence-electron chi connectivity index (χ1n) is 10.4. The molecule has 2 N–H and O–H groups in total. The highest BCUT2D eigenvalue weighted by Gasteiger charge is 2.35. The zero-order chi connectivity index (χ0) is 20.4. The number of hydrogen-bond acceptors (Lipinski definition) is 2. The maximum Gasteiger partial charge on any atom is 0.318 e. The SMILES string of the molecule is CCCCNC(=O)N1CCc2c([nH]c3ccc(OC)cc23)[C@@H]1c1ccccc1C. The van der Waals surface area contributed by atoms with E-state index in [1.165, 1.54) is 16.5 Å². The van der Waals surface area contributed by atoms with Crippen molar-refractivity contribution >= 4 is 16.9 Å². The summed E-state index contributed by atoms with van der Waals surface area (Å²) < 4.78 is 5.44. The maximum absolute atomic E-state index is 13.1. The monoisotopic (exact) mass is 391 g/mol. The van der Waals surface area contributed by atoms with Gasteiger partial charge in [-0.2, -0.15) is 0 Å². The predicted molar refractivity (Wildman–Crippen MR) is 117 cm³/mol. The number of aromatic amines is 1. The topological polar surface area (TPSA) is 57.4 Å². The second-order valence-electron chi connectivity index (χ2n) is 7.72. The van der Waals surface area contributed by atoms with Crippen molar-refractivity contribution in [3.05, 3.63) is 64.8 Å². The summed E-state index contributed by atoms with van der Waals surface area (Å²) in [5.74, 6) is 0.853. The van der Waals surface area contributed by atoms with Gasteiger partial charge in [-0.05, 0) is 54.7 Å². The van der Waals surface area contributed by atoms with Crippen LogP contribution < -0.4 is 10.1 Å². The number of ether oxygens (including phenoxy) is 1. The molecule has 4 rings (SSSR count). The number of rotatable bonds is 5. The molecule has 2 amide bonds. The van der Waals surface area contributed by atoms with Crippen molar-refractivity contribution < 1.29 is 9.53 Å². The summed E-state index contributed by atoms with van der Waals surface area (Å²) in [5.41, 5.74) is 5.83. The zero-order valence-corrected chi connectivity index (χ0v) is 17.4. The second kappa shape index (κ2) is 8.19. The molecule has 2 aromatic carbocycles. The number of fused-ring (bicyclic) bond motifs is 3. The number of nitrogens with one attached hydrogen (secondary N) is 2. The molecule has 1 aliphatic heterocycles. The quantitative estimate of drug-likeness (QED) is 0.605. The van der Waals surface area contributed by atoms with E-state index in [9.17, 15) is 4.79 Å². The van der Waals surface area contributed by atoms with E-state index < -0.39 is 0 Å². The minimum absolute atomic E-state index is 0.00795. The van der Waals surface area contributed by atoms with Crippen LogP contribution in [-0.2, 0) is 6.42 Å². The van der Waals surface area contributed by atoms with Crippen molar-refractivity contribution in [1.29, 1.82) is 0 Å². The molecule has 2 heterocycles. The Balaban J connectivity index is 1.81. The van der Waals surface area contributed by atoms with Gasteiger partial charge in [0.15, 0.2) is 0 Å². The Hall–Kier alpha value is -2.95. The molecule has 0 radical (unpaired) electrons. The fraction of sp³-hybridized carbons (Fsp3) is 0.375. The summed E-state index contributed by atoms with van der Waals surface area (Å²) in [4.78, 5) is 18.7. The molecule has 5 heteroatoms. The van der Waals surface area contributed by atoms with Gasteiger partial charge in [-0.1, -0.05) is 37.6 Å². The molecule has 0 bridgehead atoms. The maximum atomic E-state index is 13.1. The average Bonchev–Trinajstić information content (AvgIpc) is 3.11. The third-order valence-electron chi connectivity index (χ3n) is 5.88. The third kappa shape index (κ3) is 3.57. The van der Waals surface area contributed by atoms with Crippen LogP contribution in [0.4, 0.5) is 4.79 Å². The lowest BCUT2D eigenvalue weighted by Gasteiger charge is -2.37. The number of amides is 2. The first-order chi connectivity index (χ1) is 14.1. The number of carbonyl (C=O) groups is 1. The number of hydrogen-bond donors (Lipinski definition) is 2. The van der Waals surface area contributed by atoms with Gasteiger partial charge in [-0.3, -0.25) is 0 Å². The molecule has 0 spiro atoms. The Morgan fingerprint density at radius 2 is 2.10 bits per heavy atom. The van der Waals surface area contributed by atoms with Gasteiger partial charge < -0.3 is 19.9 Å². The molecule has 1 aromatic heterocycles. The van der Waals surface area contributed by atoms with Gasteiger partial charge in [0.05, 0.1) is 13.2 Å². The Morgan fingerprint density at radius 3 is 2.86 bits per heavy atom. The summed E-state index contributed by atoms with van der Waals surface area (Å²) >= 11 is 0. The Morgan fingerprint density at radius 1 is 1.28 bits per heavy atom. The van der Waals surface area contributed by atoms with E-state index in [1.54, 1.807) is 7.11 Å². The lowest BCUT2D eigenvalue weighted by atomic mass is 9.90. The van der Waals surface area contributed by atoms with Crippen LogP contribution >= 0.6 is 0 Å². The van der Waals surface area contributed by atoms with E-state index in [-0.39, 0.29) is 12.1 Å². The summed E-state index contributed by atoms with van der Waals surface area (Å²) in [6.07, 6.45) is 2.88. The van der Waals surface area contributed by atoms with Gasteiger partial charge in [0.2, 0.25) is 0 Å². The summed E-state index contributed by atoms with van der Waals surface area (Å²) in [6, 6.07) is 14.4. The molecule has 5 nitrogen and oxygen atoms in total. The van der Waals surface area contributed by atoms with E-state index >= 15 is 0 Å². The van der Waals surface area contributed by atoms with E-state index in [0.29, 0.717) is 13.1 Å². The van der Waals surface area contributed by atoms with Crippen molar-refractivity contribution in [2.45, 2.75) is 39.2 Å². The number of methoxy groups -OCH3 is 1. The Bertz CT molecular complexity index is 1020. The lowest BCUT2D eigenvalue weighted by molar-refractivity contribution is 0.179. The molecule has 152 valence electrons. The summed E-state index contributed by atoms with van der Waals surface area (Å²) in [5, 5.41) is 4.29. The van der Waals surface area contributed by atoms with E-state index in [1.807, 2.05) is 17.0 Å². The van der Waals surface area contributed by atoms with Crippen LogP contribution in [0.25, 0.3) is 10.9 Å². The Kier molecular flexibility index (Phi) is 5.47. The first-order valence-corrected chi connectivity index (χ1v) is 10.4. The number of H-pyrrole nitrogens is 1. The lowest BCUT2D eigenvalue weighted by Crippen LogP contribution is -2.46. The van der Waals surface area contributed by atoms with Gasteiger partial charge in [0, 0.05) is 29.7 Å². The molecule has 1 aliphatic rings. The van der Waals surface area contributed by atoms with Gasteiger partial charge in [0.25, 0.3) is 0 Å². The van der Waals surface area contributed by atoms with Gasteiger partial charge in [-0.25, -0.2) is 4.79 Å². The molecule has 0 fully saturated rings. The summed E-state index contributed by atoms with van der Waals surface area (Å²) in [6.45, 7) is 5.65. The Labute approximate surface area is 172 Å². The number of aryl methyl sites for hydroxylation is 1. The van der Waals surface area contributed by atoms with Crippen LogP contribution in [0, 0.1) is 6.92 Å². The number of nitrogens with zero attached hydrogens (tertiary/aromatic N) is 1. The standard InChI is InChI=1S/C24H29N3O2/c1-4-5-13-25-24(28)27-14-12-19-20-15-17(29-3)10-11-21(20)26-22(19)23(27)18-9-7-6-8-16(18)2/h6-11,15,23,26H,4-5,12-14H2,1-3H3,(H,25,28)/t23-/m0/s1. The zero-order valence-electron chi connectivity index (χ0n) is 17.4. The van der Waals surface area contributed by atoms with Crippen molar-refractivity contribution in [2.75, 3.05) is 20.2 Å². The van der Waals surface area contributed by atoms with Gasteiger partial charge in [0.1, 0.15) is 5.75 Å². The number of unbranched alkanes of at least 4 members (excludes halogenated alkanes) is 1. The molecular formula is C24H29N3O2. The van der Waals surface area contributed by atoms with Crippen LogP contribution in [0.15, 0.2) is 42.5 Å². The van der Waals surface area contributed by atoms with Crippen LogP contribution in [-0.4, -0.2) is 36.1 Å². The van der Waals surface area contributed by atoms with Crippen LogP contribution in [0.5, 0.6) is 5.75 Å². The predicted octanol–water partition coefficient (Wildman–Crippen LogP) is 4.94. The number of carbonyl (C=O) groups excluding carboxylic acids is 1. The molecule has 0 saturated heterocycles. The number of aromatic nitrogens is 1.